The third-order valence-electron chi connectivity index (χ3n) is 3.02. The fraction of sp³-hybridized carbons (Fsp3) is 0.312. The zero-order chi connectivity index (χ0) is 17.9. The summed E-state index contributed by atoms with van der Waals surface area (Å²) in [6.45, 7) is 5.40. The molecule has 0 aliphatic carbocycles. The predicted octanol–water partition coefficient (Wildman–Crippen LogP) is 4.07. The highest BCUT2D eigenvalue weighted by Gasteiger charge is 2.20. The van der Waals surface area contributed by atoms with Gasteiger partial charge >= 0.3 is 5.97 Å². The van der Waals surface area contributed by atoms with Gasteiger partial charge in [-0.05, 0) is 18.2 Å². The lowest BCUT2D eigenvalue weighted by Crippen LogP contribution is -2.21. The van der Waals surface area contributed by atoms with Crippen LogP contribution >= 0.6 is 23.2 Å². The van der Waals surface area contributed by atoms with E-state index < -0.39 is 18.5 Å². The molecule has 0 bridgehead atoms. The lowest BCUT2D eigenvalue weighted by Gasteiger charge is -2.12. The summed E-state index contributed by atoms with van der Waals surface area (Å²) in [5.41, 5.74) is 0.578. The molecule has 2 aromatic rings. The highest BCUT2D eigenvalue weighted by molar-refractivity contribution is 6.35. The third-order valence-corrected chi connectivity index (χ3v) is 3.59. The van der Waals surface area contributed by atoms with Crippen molar-refractivity contribution in [2.75, 3.05) is 11.9 Å². The van der Waals surface area contributed by atoms with Gasteiger partial charge in [-0.1, -0.05) is 49.1 Å². The average Bonchev–Trinajstić information content (AvgIpc) is 2.96. The summed E-state index contributed by atoms with van der Waals surface area (Å²) in [6, 6.07) is 6.01. The molecule has 0 saturated carbocycles. The van der Waals surface area contributed by atoms with Gasteiger partial charge in [0.05, 0.1) is 16.3 Å². The Labute approximate surface area is 149 Å². The van der Waals surface area contributed by atoms with Crippen molar-refractivity contribution in [3.63, 3.8) is 0 Å². The van der Waals surface area contributed by atoms with E-state index in [1.54, 1.807) is 12.1 Å². The average molecular weight is 371 g/mol. The largest absolute Gasteiger partial charge is 0.452 e. The van der Waals surface area contributed by atoms with Crippen molar-refractivity contribution in [3.8, 4) is 0 Å². The molecule has 0 fully saturated rings. The van der Waals surface area contributed by atoms with Crippen LogP contribution in [0.25, 0.3) is 0 Å². The van der Waals surface area contributed by atoms with Gasteiger partial charge in [-0.2, -0.15) is 0 Å². The number of amides is 1. The molecule has 0 aliphatic rings. The zero-order valence-electron chi connectivity index (χ0n) is 13.4. The molecule has 1 N–H and O–H groups in total. The van der Waals surface area contributed by atoms with Crippen molar-refractivity contribution in [2.24, 2.45) is 0 Å². The van der Waals surface area contributed by atoms with Gasteiger partial charge in [0.1, 0.15) is 0 Å². The Balaban J connectivity index is 1.92. The first kappa shape index (κ1) is 18.3. The van der Waals surface area contributed by atoms with E-state index in [-0.39, 0.29) is 21.9 Å². The number of nitrogens with one attached hydrogen (secondary N) is 1. The molecule has 8 heteroatoms. The number of anilines is 1. The molecule has 0 aliphatic heterocycles. The number of nitrogens with zero attached hydrogens (tertiary/aromatic N) is 1. The van der Waals surface area contributed by atoms with E-state index >= 15 is 0 Å². The number of halogens is 2. The molecule has 1 heterocycles. The second-order valence-electron chi connectivity index (χ2n) is 6.07. The van der Waals surface area contributed by atoms with Crippen molar-refractivity contribution in [1.82, 2.24) is 5.16 Å². The van der Waals surface area contributed by atoms with E-state index in [0.717, 1.165) is 0 Å². The highest BCUT2D eigenvalue weighted by Crippen LogP contribution is 2.24. The first-order valence-corrected chi connectivity index (χ1v) is 7.81. The van der Waals surface area contributed by atoms with Gasteiger partial charge < -0.3 is 9.26 Å². The summed E-state index contributed by atoms with van der Waals surface area (Å²) in [5, 5.41) is 6.87. The molecular formula is C16H16Cl2N2O4. The Morgan fingerprint density at radius 2 is 1.96 bits per heavy atom. The van der Waals surface area contributed by atoms with Crippen LogP contribution in [0.4, 0.5) is 5.88 Å². The van der Waals surface area contributed by atoms with E-state index in [1.807, 2.05) is 20.8 Å². The van der Waals surface area contributed by atoms with Gasteiger partial charge in [0.15, 0.2) is 6.61 Å². The molecule has 6 nitrogen and oxygen atoms in total. The second kappa shape index (κ2) is 7.23. The Morgan fingerprint density at radius 3 is 2.58 bits per heavy atom. The van der Waals surface area contributed by atoms with E-state index in [0.29, 0.717) is 10.7 Å². The minimum absolute atomic E-state index is 0.0895. The van der Waals surface area contributed by atoms with Crippen molar-refractivity contribution >= 4 is 41.0 Å². The maximum absolute atomic E-state index is 11.9. The number of benzene rings is 1. The second-order valence-corrected chi connectivity index (χ2v) is 6.92. The first-order valence-electron chi connectivity index (χ1n) is 7.06. The number of ether oxygens (including phenoxy) is 1. The molecule has 1 aromatic heterocycles. The van der Waals surface area contributed by atoms with E-state index in [9.17, 15) is 9.59 Å². The minimum atomic E-state index is -0.745. The van der Waals surface area contributed by atoms with Crippen LogP contribution in [0.3, 0.4) is 0 Å². The summed E-state index contributed by atoms with van der Waals surface area (Å²) in [6.07, 6.45) is 0. The smallest absolute Gasteiger partial charge is 0.340 e. The van der Waals surface area contributed by atoms with Crippen molar-refractivity contribution in [3.05, 3.63) is 45.6 Å². The fourth-order valence-electron chi connectivity index (χ4n) is 1.72. The molecule has 0 unspecified atom stereocenters. The number of hydrogen-bond donors (Lipinski definition) is 1. The van der Waals surface area contributed by atoms with Crippen LogP contribution in [0.1, 0.15) is 36.8 Å². The standard InChI is InChI=1S/C16H16Cl2N2O4/c1-16(2,3)12-7-14(24-20-12)19-13(21)8-23-15(22)10-6-9(17)4-5-11(10)18/h4-7H,8H2,1-3H3,(H,19,21). The van der Waals surface area contributed by atoms with Gasteiger partial charge in [-0.15, -0.1) is 0 Å². The van der Waals surface area contributed by atoms with Gasteiger partial charge in [0.25, 0.3) is 5.91 Å². The Hall–Kier alpha value is -2.05. The van der Waals surface area contributed by atoms with Crippen LogP contribution in [0.5, 0.6) is 0 Å². The van der Waals surface area contributed by atoms with Crippen LogP contribution in [-0.2, 0) is 14.9 Å². The molecule has 128 valence electrons. The fourth-order valence-corrected chi connectivity index (χ4v) is 2.09. The molecule has 2 rings (SSSR count). The minimum Gasteiger partial charge on any atom is -0.452 e. The number of aromatic nitrogens is 1. The molecule has 1 aromatic carbocycles. The van der Waals surface area contributed by atoms with Crippen molar-refractivity contribution in [2.45, 2.75) is 26.2 Å². The third kappa shape index (κ3) is 4.72. The SMILES string of the molecule is CC(C)(C)c1cc(NC(=O)COC(=O)c2cc(Cl)ccc2Cl)on1. The Morgan fingerprint density at radius 1 is 1.25 bits per heavy atom. The maximum Gasteiger partial charge on any atom is 0.340 e. The molecule has 0 spiro atoms. The summed E-state index contributed by atoms with van der Waals surface area (Å²) < 4.78 is 9.94. The van der Waals surface area contributed by atoms with Crippen molar-refractivity contribution < 1.29 is 18.8 Å². The highest BCUT2D eigenvalue weighted by atomic mass is 35.5. The number of carbonyl (C=O) groups is 2. The number of rotatable bonds is 4. The van der Waals surface area contributed by atoms with E-state index in [4.69, 9.17) is 32.5 Å². The topological polar surface area (TPSA) is 81.4 Å². The zero-order valence-corrected chi connectivity index (χ0v) is 14.9. The van der Waals surface area contributed by atoms with Crippen LogP contribution in [0.2, 0.25) is 10.0 Å². The molecule has 0 atom stereocenters. The van der Waals surface area contributed by atoms with Crippen LogP contribution in [0.15, 0.2) is 28.8 Å². The lowest BCUT2D eigenvalue weighted by atomic mass is 9.92. The summed E-state index contributed by atoms with van der Waals surface area (Å²) in [4.78, 5) is 23.8. The first-order chi connectivity index (χ1) is 11.2. The summed E-state index contributed by atoms with van der Waals surface area (Å²) >= 11 is 11.7. The molecule has 1 amide bonds. The molecule has 0 radical (unpaired) electrons. The monoisotopic (exact) mass is 370 g/mol. The van der Waals surface area contributed by atoms with Gasteiger partial charge in [0, 0.05) is 16.5 Å². The van der Waals surface area contributed by atoms with Gasteiger partial charge in [-0.3, -0.25) is 10.1 Å². The predicted molar refractivity (Wildman–Crippen MR) is 90.6 cm³/mol. The lowest BCUT2D eigenvalue weighted by molar-refractivity contribution is -0.119. The number of esters is 1. The molecular weight excluding hydrogens is 355 g/mol. The molecule has 0 saturated heterocycles. The van der Waals surface area contributed by atoms with Gasteiger partial charge in [0.2, 0.25) is 5.88 Å². The van der Waals surface area contributed by atoms with Crippen LogP contribution in [0, 0.1) is 0 Å². The normalized spacial score (nSPS) is 11.2. The number of carbonyl (C=O) groups excluding carboxylic acids is 2. The Kier molecular flexibility index (Phi) is 5.51. The van der Waals surface area contributed by atoms with E-state index in [1.165, 1.54) is 12.1 Å². The van der Waals surface area contributed by atoms with Crippen molar-refractivity contribution in [1.29, 1.82) is 0 Å². The summed E-state index contributed by atoms with van der Waals surface area (Å²) in [5.74, 6) is -1.12. The maximum atomic E-state index is 11.9. The van der Waals surface area contributed by atoms with Gasteiger partial charge in [-0.25, -0.2) is 4.79 Å². The number of hydrogen-bond acceptors (Lipinski definition) is 5. The molecule has 24 heavy (non-hydrogen) atoms. The van der Waals surface area contributed by atoms with Crippen LogP contribution < -0.4 is 5.32 Å². The Bertz CT molecular complexity index is 766. The summed E-state index contributed by atoms with van der Waals surface area (Å²) in [7, 11) is 0. The van der Waals surface area contributed by atoms with E-state index in [2.05, 4.69) is 10.5 Å². The van der Waals surface area contributed by atoms with Crippen LogP contribution in [-0.4, -0.2) is 23.6 Å². The quantitative estimate of drug-likeness (QED) is 0.820.